The van der Waals surface area contributed by atoms with Crippen molar-refractivity contribution >= 4 is 51.0 Å². The lowest BCUT2D eigenvalue weighted by Gasteiger charge is -2.32. The van der Waals surface area contributed by atoms with Crippen LogP contribution in [-0.2, 0) is 23.1 Å². The van der Waals surface area contributed by atoms with Crippen LogP contribution in [0.2, 0.25) is 0 Å². The van der Waals surface area contributed by atoms with Gasteiger partial charge in [0.15, 0.2) is 5.82 Å². The zero-order chi connectivity index (χ0) is 38.4. The van der Waals surface area contributed by atoms with E-state index in [9.17, 15) is 19.2 Å². The highest BCUT2D eigenvalue weighted by Crippen LogP contribution is 2.39. The lowest BCUT2D eigenvalue weighted by Crippen LogP contribution is -2.39. The molecule has 0 radical (unpaired) electrons. The second-order valence-electron chi connectivity index (χ2n) is 14.4. The van der Waals surface area contributed by atoms with E-state index in [0.29, 0.717) is 34.5 Å². The minimum Gasteiger partial charge on any atom is -0.464 e. The van der Waals surface area contributed by atoms with Crippen LogP contribution in [0.4, 0.5) is 11.4 Å². The first kappa shape index (κ1) is 35.4. The molecule has 12 nitrogen and oxygen atoms in total. The average Bonchev–Trinajstić information content (AvgIpc) is 3.61. The van der Waals surface area contributed by atoms with Crippen LogP contribution in [-0.4, -0.2) is 50.3 Å². The Kier molecular flexibility index (Phi) is 9.22. The number of rotatable bonds is 6. The average molecular weight is 734 g/mol. The lowest BCUT2D eigenvalue weighted by molar-refractivity contribution is -0.134. The molecule has 2 aromatic carbocycles. The number of hydrogen-bond acceptors (Lipinski definition) is 9. The van der Waals surface area contributed by atoms with E-state index in [1.54, 1.807) is 35.2 Å². The summed E-state index contributed by atoms with van der Waals surface area (Å²) in [5.74, 6) is 5.42. The summed E-state index contributed by atoms with van der Waals surface area (Å²) in [6.07, 6.45) is 7.43. The van der Waals surface area contributed by atoms with Crippen molar-refractivity contribution in [3.8, 4) is 23.2 Å². The number of amides is 3. The van der Waals surface area contributed by atoms with Crippen LogP contribution >= 0.6 is 0 Å². The largest absolute Gasteiger partial charge is 0.464 e. The van der Waals surface area contributed by atoms with Gasteiger partial charge < -0.3 is 19.2 Å². The van der Waals surface area contributed by atoms with Crippen molar-refractivity contribution in [1.29, 1.82) is 0 Å². The van der Waals surface area contributed by atoms with Gasteiger partial charge in [0.2, 0.25) is 11.8 Å². The third-order valence-electron chi connectivity index (χ3n) is 10.5. The second kappa shape index (κ2) is 14.3. The highest BCUT2D eigenvalue weighted by atomic mass is 16.3. The van der Waals surface area contributed by atoms with Crippen molar-refractivity contribution in [2.75, 3.05) is 18.0 Å². The van der Waals surface area contributed by atoms with Gasteiger partial charge in [-0.3, -0.25) is 29.5 Å². The first-order chi connectivity index (χ1) is 26.5. The fourth-order valence-corrected chi connectivity index (χ4v) is 7.42. The lowest BCUT2D eigenvalue weighted by atomic mass is 9.90. The minimum absolute atomic E-state index is 0.00144. The zero-order valence-corrected chi connectivity index (χ0v) is 31.0. The van der Waals surface area contributed by atoms with Crippen LogP contribution in [0.25, 0.3) is 33.3 Å². The molecular weight excluding hydrogens is 695 g/mol. The van der Waals surface area contributed by atoms with Gasteiger partial charge in [0.25, 0.3) is 11.5 Å². The number of nitrogens with zero attached hydrogens (tertiary/aromatic N) is 5. The second-order valence-corrected chi connectivity index (χ2v) is 14.4. The SMILES string of the molecule is Cc1cc2c(N3CCCc4nc(-c5ccc(C(=O)NCC#Cc6ccc7occ(C8CCC(=O)NC8=O)c7c6)nc5)ncc43)cc(C(C)C)cc2n(C)c1=O. The van der Waals surface area contributed by atoms with Gasteiger partial charge in [-0.2, -0.15) is 0 Å². The molecule has 6 heterocycles. The van der Waals surface area contributed by atoms with E-state index < -0.39 is 5.92 Å². The van der Waals surface area contributed by atoms with Crippen LogP contribution in [0.5, 0.6) is 0 Å². The summed E-state index contributed by atoms with van der Waals surface area (Å²) in [5.41, 5.74) is 8.65. The van der Waals surface area contributed by atoms with Crippen molar-refractivity contribution in [2.45, 2.75) is 58.3 Å². The summed E-state index contributed by atoms with van der Waals surface area (Å²) in [6.45, 7) is 7.06. The number of aryl methyl sites for hydroxylation is 3. The first-order valence-electron chi connectivity index (χ1n) is 18.4. The molecule has 1 saturated heterocycles. The van der Waals surface area contributed by atoms with Gasteiger partial charge in [-0.1, -0.05) is 25.7 Å². The van der Waals surface area contributed by atoms with Crippen LogP contribution < -0.4 is 21.1 Å². The van der Waals surface area contributed by atoms with E-state index in [-0.39, 0.29) is 47.9 Å². The fourth-order valence-electron chi connectivity index (χ4n) is 7.42. The minimum atomic E-state index is -0.465. The van der Waals surface area contributed by atoms with E-state index >= 15 is 0 Å². The number of pyridine rings is 2. The standard InChI is InChI=1S/C43H39N7O5/c1-24(2)28-19-35-31(17-25(3)43(54)49(35)4)36(20-28)50-16-6-8-33-37(50)22-46-40(47-33)27-10-12-34(45-21-27)42(53)44-15-5-7-26-9-13-38-30(18-26)32(23-55-38)29-11-14-39(51)48-41(29)52/h9-10,12-13,17-24,29H,6,8,11,14-16H2,1-4H3,(H,44,53)(H,48,51,52). The predicted molar refractivity (Wildman–Crippen MR) is 209 cm³/mol. The molecule has 12 heteroatoms. The molecule has 1 atom stereocenters. The fraction of sp³-hybridized carbons (Fsp3) is 0.279. The van der Waals surface area contributed by atoms with Gasteiger partial charge >= 0.3 is 0 Å². The molecule has 1 fully saturated rings. The van der Waals surface area contributed by atoms with Gasteiger partial charge in [0, 0.05) is 59.2 Å². The quantitative estimate of drug-likeness (QED) is 0.156. The summed E-state index contributed by atoms with van der Waals surface area (Å²) in [6, 6.07) is 15.2. The monoisotopic (exact) mass is 733 g/mol. The highest BCUT2D eigenvalue weighted by Gasteiger charge is 2.30. The van der Waals surface area contributed by atoms with Crippen molar-refractivity contribution < 1.29 is 18.8 Å². The first-order valence-corrected chi connectivity index (χ1v) is 18.4. The number of benzene rings is 2. The maximum Gasteiger partial charge on any atom is 0.270 e. The summed E-state index contributed by atoms with van der Waals surface area (Å²) < 4.78 is 7.39. The Labute approximate surface area is 317 Å². The molecule has 276 valence electrons. The van der Waals surface area contributed by atoms with E-state index in [4.69, 9.17) is 14.4 Å². The van der Waals surface area contributed by atoms with Crippen LogP contribution in [0.1, 0.15) is 83.4 Å². The zero-order valence-electron chi connectivity index (χ0n) is 31.0. The number of hydrogen-bond donors (Lipinski definition) is 2. The molecule has 2 aliphatic heterocycles. The maximum absolute atomic E-state index is 12.9. The summed E-state index contributed by atoms with van der Waals surface area (Å²) >= 11 is 0. The van der Waals surface area contributed by atoms with E-state index in [1.165, 1.54) is 0 Å². The van der Waals surface area contributed by atoms with E-state index in [0.717, 1.165) is 63.9 Å². The molecule has 8 rings (SSSR count). The molecule has 1 unspecified atom stereocenters. The normalized spacial score (nSPS) is 15.5. The molecular formula is C43H39N7O5. The Morgan fingerprint density at radius 2 is 1.87 bits per heavy atom. The maximum atomic E-state index is 12.9. The number of anilines is 2. The number of imide groups is 1. The summed E-state index contributed by atoms with van der Waals surface area (Å²) in [5, 5.41) is 6.97. The highest BCUT2D eigenvalue weighted by molar-refractivity contribution is 6.03. The van der Waals surface area contributed by atoms with Crippen molar-refractivity contribution in [2.24, 2.45) is 7.05 Å². The smallest absolute Gasteiger partial charge is 0.270 e. The van der Waals surface area contributed by atoms with Gasteiger partial charge in [-0.05, 0) is 86.2 Å². The summed E-state index contributed by atoms with van der Waals surface area (Å²) in [4.78, 5) is 66.2. The molecule has 2 aliphatic rings. The molecule has 0 spiro atoms. The van der Waals surface area contributed by atoms with E-state index in [1.807, 2.05) is 38.4 Å². The number of aromatic nitrogens is 4. The molecule has 4 aromatic heterocycles. The Hall–Kier alpha value is -6.61. The Bertz CT molecular complexity index is 2660. The van der Waals surface area contributed by atoms with Crippen LogP contribution in [0.3, 0.4) is 0 Å². The predicted octanol–water partition coefficient (Wildman–Crippen LogP) is 5.95. The van der Waals surface area contributed by atoms with Gasteiger partial charge in [0.1, 0.15) is 11.3 Å². The number of carbonyl (C=O) groups is 3. The third kappa shape index (κ3) is 6.74. The molecule has 0 aliphatic carbocycles. The van der Waals surface area contributed by atoms with Gasteiger partial charge in [0.05, 0.1) is 47.5 Å². The van der Waals surface area contributed by atoms with Crippen molar-refractivity contribution in [3.63, 3.8) is 0 Å². The number of furan rings is 1. The number of piperidine rings is 1. The van der Waals surface area contributed by atoms with Crippen LogP contribution in [0, 0.1) is 18.8 Å². The Balaban J connectivity index is 0.962. The Morgan fingerprint density at radius 1 is 1.02 bits per heavy atom. The molecule has 0 saturated carbocycles. The van der Waals surface area contributed by atoms with Crippen molar-refractivity contribution in [1.82, 2.24) is 30.2 Å². The molecule has 55 heavy (non-hydrogen) atoms. The topological polar surface area (TPSA) is 152 Å². The van der Waals surface area contributed by atoms with E-state index in [2.05, 4.69) is 58.3 Å². The molecule has 0 bridgehead atoms. The van der Waals surface area contributed by atoms with Gasteiger partial charge in [-0.25, -0.2) is 9.97 Å². The molecule has 2 N–H and O–H groups in total. The van der Waals surface area contributed by atoms with Gasteiger partial charge in [-0.15, -0.1) is 0 Å². The van der Waals surface area contributed by atoms with Crippen LogP contribution in [0.15, 0.2) is 76.4 Å². The number of carbonyl (C=O) groups excluding carboxylic acids is 3. The summed E-state index contributed by atoms with van der Waals surface area (Å²) in [7, 11) is 1.83. The number of fused-ring (bicyclic) bond motifs is 3. The third-order valence-corrected chi connectivity index (χ3v) is 10.5. The molecule has 6 aromatic rings. The molecule has 3 amide bonds. The van der Waals surface area contributed by atoms with Crippen molar-refractivity contribution in [3.05, 3.63) is 111 Å². The number of nitrogens with one attached hydrogen (secondary N) is 2. The Morgan fingerprint density at radius 3 is 2.65 bits per heavy atom.